The first-order chi connectivity index (χ1) is 7.63. The highest BCUT2D eigenvalue weighted by molar-refractivity contribution is 9.10. The number of hydrogen-bond acceptors (Lipinski definition) is 3. The maximum Gasteiger partial charge on any atom is 0.344 e. The summed E-state index contributed by atoms with van der Waals surface area (Å²) in [5, 5.41) is 12.6. The summed E-state index contributed by atoms with van der Waals surface area (Å²) in [7, 11) is 0. The van der Waals surface area contributed by atoms with Crippen molar-refractivity contribution >= 4 is 43.5 Å². The van der Waals surface area contributed by atoms with Crippen LogP contribution in [0.25, 0.3) is 0 Å². The third-order valence-electron chi connectivity index (χ3n) is 1.67. The lowest BCUT2D eigenvalue weighted by molar-refractivity contribution is -0.142. The Balaban J connectivity index is 2.73. The predicted octanol–water partition coefficient (Wildman–Crippen LogP) is 2.65. The van der Waals surface area contributed by atoms with Crippen LogP contribution in [0.5, 0.6) is 0 Å². The average Bonchev–Trinajstić information content (AvgIpc) is 2.26. The van der Waals surface area contributed by atoms with Crippen LogP contribution in [-0.2, 0) is 9.63 Å². The topological polar surface area (TPSA) is 58.9 Å². The first-order valence-electron chi connectivity index (χ1n) is 4.36. The number of carboxylic acid groups (broad SMARTS) is 1. The Morgan fingerprint density at radius 3 is 2.50 bits per heavy atom. The molecule has 0 heterocycles. The van der Waals surface area contributed by atoms with Gasteiger partial charge in [0.05, 0.1) is 5.71 Å². The second-order valence-corrected chi connectivity index (χ2v) is 4.32. The summed E-state index contributed by atoms with van der Waals surface area (Å²) >= 11 is 6.60. The Morgan fingerprint density at radius 1 is 1.38 bits per heavy atom. The number of halogens is 2. The smallest absolute Gasteiger partial charge is 0.344 e. The average molecular weight is 351 g/mol. The maximum atomic E-state index is 10.2. The van der Waals surface area contributed by atoms with E-state index in [0.29, 0.717) is 11.0 Å². The molecule has 0 saturated heterocycles. The van der Waals surface area contributed by atoms with E-state index in [0.717, 1.165) is 10.0 Å². The highest BCUT2D eigenvalue weighted by Crippen LogP contribution is 2.12. The Kier molecular flexibility index (Phi) is 5.48. The molecule has 1 aromatic carbocycles. The molecule has 1 aromatic rings. The largest absolute Gasteiger partial charge is 0.479 e. The van der Waals surface area contributed by atoms with Crippen LogP contribution in [0.1, 0.15) is 5.56 Å². The summed E-state index contributed by atoms with van der Waals surface area (Å²) in [6.07, 6.45) is 0. The highest BCUT2D eigenvalue weighted by Gasteiger charge is 2.03. The van der Waals surface area contributed by atoms with Crippen LogP contribution in [0.4, 0.5) is 0 Å². The molecular formula is C10H9Br2NO3. The maximum absolute atomic E-state index is 10.2. The van der Waals surface area contributed by atoms with E-state index in [4.69, 9.17) is 5.11 Å². The molecule has 1 N–H and O–H groups in total. The van der Waals surface area contributed by atoms with Crippen molar-refractivity contribution in [2.24, 2.45) is 5.16 Å². The summed E-state index contributed by atoms with van der Waals surface area (Å²) in [5.74, 6) is -1.05. The van der Waals surface area contributed by atoms with Gasteiger partial charge in [-0.1, -0.05) is 49.1 Å². The lowest BCUT2D eigenvalue weighted by Crippen LogP contribution is -2.08. The van der Waals surface area contributed by atoms with Gasteiger partial charge in [0, 0.05) is 15.4 Å². The van der Waals surface area contributed by atoms with E-state index < -0.39 is 12.6 Å². The molecule has 0 aromatic heterocycles. The first-order valence-corrected chi connectivity index (χ1v) is 6.27. The molecule has 0 aliphatic heterocycles. The van der Waals surface area contributed by atoms with E-state index >= 15 is 0 Å². The molecule has 0 amide bonds. The fraction of sp³-hybridized carbons (Fsp3) is 0.200. The minimum Gasteiger partial charge on any atom is -0.479 e. The molecule has 0 spiro atoms. The molecule has 0 atom stereocenters. The summed E-state index contributed by atoms with van der Waals surface area (Å²) in [6, 6.07) is 7.50. The summed E-state index contributed by atoms with van der Waals surface area (Å²) in [5.41, 5.74) is 1.53. The van der Waals surface area contributed by atoms with E-state index in [1.165, 1.54) is 0 Å². The summed E-state index contributed by atoms with van der Waals surface area (Å²) in [6.45, 7) is -0.437. The molecule has 0 bridgehead atoms. The summed E-state index contributed by atoms with van der Waals surface area (Å²) < 4.78 is 0.969. The normalized spacial score (nSPS) is 11.2. The van der Waals surface area contributed by atoms with Gasteiger partial charge in [-0.25, -0.2) is 4.79 Å². The van der Waals surface area contributed by atoms with E-state index in [9.17, 15) is 4.79 Å². The molecule has 0 saturated carbocycles. The van der Waals surface area contributed by atoms with Gasteiger partial charge in [0.15, 0.2) is 0 Å². The van der Waals surface area contributed by atoms with E-state index in [2.05, 4.69) is 41.9 Å². The van der Waals surface area contributed by atoms with Gasteiger partial charge in [0.25, 0.3) is 0 Å². The number of rotatable bonds is 5. The van der Waals surface area contributed by atoms with Gasteiger partial charge in [-0.3, -0.25) is 0 Å². The van der Waals surface area contributed by atoms with Crippen molar-refractivity contribution < 1.29 is 14.7 Å². The monoisotopic (exact) mass is 349 g/mol. The molecule has 0 unspecified atom stereocenters. The van der Waals surface area contributed by atoms with Crippen molar-refractivity contribution in [3.05, 3.63) is 34.3 Å². The van der Waals surface area contributed by atoms with Gasteiger partial charge >= 0.3 is 5.97 Å². The Hall–Kier alpha value is -0.880. The molecule has 0 aliphatic carbocycles. The molecule has 6 heteroatoms. The van der Waals surface area contributed by atoms with Gasteiger partial charge in [0.2, 0.25) is 6.61 Å². The number of oxime groups is 1. The van der Waals surface area contributed by atoms with Crippen LogP contribution in [0.3, 0.4) is 0 Å². The Morgan fingerprint density at radius 2 is 2.00 bits per heavy atom. The van der Waals surface area contributed by atoms with E-state index in [-0.39, 0.29) is 0 Å². The summed E-state index contributed by atoms with van der Waals surface area (Å²) in [4.78, 5) is 14.9. The van der Waals surface area contributed by atoms with Gasteiger partial charge in [-0.15, -0.1) is 0 Å². The highest BCUT2D eigenvalue weighted by atomic mass is 79.9. The van der Waals surface area contributed by atoms with Crippen LogP contribution in [0.2, 0.25) is 0 Å². The predicted molar refractivity (Wildman–Crippen MR) is 68.1 cm³/mol. The van der Waals surface area contributed by atoms with E-state index in [1.807, 2.05) is 24.3 Å². The van der Waals surface area contributed by atoms with Gasteiger partial charge < -0.3 is 9.94 Å². The minimum absolute atomic E-state index is 0.437. The van der Waals surface area contributed by atoms with Crippen molar-refractivity contribution in [1.29, 1.82) is 0 Å². The number of hydrogen-bond donors (Lipinski definition) is 1. The van der Waals surface area contributed by atoms with Crippen LogP contribution >= 0.6 is 31.9 Å². The molecule has 4 nitrogen and oxygen atoms in total. The lowest BCUT2D eigenvalue weighted by atomic mass is 10.1. The zero-order chi connectivity index (χ0) is 12.0. The van der Waals surface area contributed by atoms with Crippen molar-refractivity contribution in [3.8, 4) is 0 Å². The Labute approximate surface area is 110 Å². The molecule has 16 heavy (non-hydrogen) atoms. The van der Waals surface area contributed by atoms with Gasteiger partial charge in [0.1, 0.15) is 0 Å². The number of carboxylic acids is 1. The zero-order valence-electron chi connectivity index (χ0n) is 8.19. The number of aliphatic carboxylic acids is 1. The van der Waals surface area contributed by atoms with Crippen LogP contribution in [0, 0.1) is 0 Å². The fourth-order valence-corrected chi connectivity index (χ4v) is 1.65. The SMILES string of the molecule is O=C(O)CON=C(CBr)c1ccc(Br)cc1. The van der Waals surface area contributed by atoms with Crippen molar-refractivity contribution in [1.82, 2.24) is 0 Å². The first kappa shape index (κ1) is 13.2. The molecule has 0 fully saturated rings. The van der Waals surface area contributed by atoms with Crippen molar-refractivity contribution in [2.45, 2.75) is 0 Å². The molecule has 86 valence electrons. The van der Waals surface area contributed by atoms with E-state index in [1.54, 1.807) is 0 Å². The zero-order valence-corrected chi connectivity index (χ0v) is 11.4. The fourth-order valence-electron chi connectivity index (χ4n) is 0.962. The third kappa shape index (κ3) is 4.32. The van der Waals surface area contributed by atoms with Gasteiger partial charge in [-0.05, 0) is 12.1 Å². The molecule has 1 rings (SSSR count). The Bertz CT molecular complexity index is 390. The number of benzene rings is 1. The number of alkyl halides is 1. The third-order valence-corrected chi connectivity index (χ3v) is 2.73. The standard InChI is InChI=1S/C10H9Br2NO3/c11-5-9(13-16-6-10(14)15)7-1-3-8(12)4-2-7/h1-4H,5-6H2,(H,14,15). The molecular weight excluding hydrogens is 342 g/mol. The van der Waals surface area contributed by atoms with Crippen molar-refractivity contribution in [3.63, 3.8) is 0 Å². The van der Waals surface area contributed by atoms with Crippen LogP contribution in [-0.4, -0.2) is 28.7 Å². The molecule has 0 aliphatic rings. The van der Waals surface area contributed by atoms with Gasteiger partial charge in [-0.2, -0.15) is 0 Å². The van der Waals surface area contributed by atoms with Crippen molar-refractivity contribution in [2.75, 3.05) is 11.9 Å². The second-order valence-electron chi connectivity index (χ2n) is 2.85. The van der Waals surface area contributed by atoms with Crippen LogP contribution in [0.15, 0.2) is 33.9 Å². The quantitative estimate of drug-likeness (QED) is 0.504. The minimum atomic E-state index is -1.05. The second kappa shape index (κ2) is 6.65. The van der Waals surface area contributed by atoms with Crippen LogP contribution < -0.4 is 0 Å². The number of nitrogens with zero attached hydrogens (tertiary/aromatic N) is 1. The molecule has 0 radical (unpaired) electrons. The lowest BCUT2D eigenvalue weighted by Gasteiger charge is -2.02. The number of carbonyl (C=O) groups is 1.